The van der Waals surface area contributed by atoms with Gasteiger partial charge >= 0.3 is 0 Å². The summed E-state index contributed by atoms with van der Waals surface area (Å²) in [5.74, 6) is 0. The summed E-state index contributed by atoms with van der Waals surface area (Å²) in [7, 11) is 0. The Bertz CT molecular complexity index is 153. The van der Waals surface area contributed by atoms with E-state index < -0.39 is 0 Å². The second kappa shape index (κ2) is 6.46. The molecular weight excluding hydrogens is 190 g/mol. The fourth-order valence-electron chi connectivity index (χ4n) is 1.39. The van der Waals surface area contributed by atoms with Gasteiger partial charge in [0.2, 0.25) is 0 Å². The molecule has 0 spiro atoms. The average Bonchev–Trinajstić information content (AvgIpc) is 2.14. The first-order chi connectivity index (χ1) is 6.81. The maximum atomic E-state index is 9.65. The lowest BCUT2D eigenvalue weighted by Crippen LogP contribution is -2.48. The summed E-state index contributed by atoms with van der Waals surface area (Å²) < 4.78 is 0. The minimum atomic E-state index is -0.298. The molecule has 0 aliphatic rings. The molecule has 0 aromatic heterocycles. The molecule has 2 N–H and O–H groups in total. The van der Waals surface area contributed by atoms with Gasteiger partial charge in [0.1, 0.15) is 0 Å². The molecule has 2 atom stereocenters. The van der Waals surface area contributed by atoms with Gasteiger partial charge in [0.05, 0.1) is 12.2 Å². The monoisotopic (exact) mass is 217 g/mol. The highest BCUT2D eigenvalue weighted by atomic mass is 16.3. The maximum Gasteiger partial charge on any atom is 0.0664 e. The van der Waals surface area contributed by atoms with Gasteiger partial charge in [0.15, 0.2) is 0 Å². The van der Waals surface area contributed by atoms with Crippen molar-refractivity contribution in [3.63, 3.8) is 0 Å². The van der Waals surface area contributed by atoms with Gasteiger partial charge in [-0.2, -0.15) is 0 Å². The van der Waals surface area contributed by atoms with Crippen LogP contribution in [0.2, 0.25) is 0 Å². The van der Waals surface area contributed by atoms with Crippen molar-refractivity contribution >= 4 is 0 Å². The van der Waals surface area contributed by atoms with E-state index in [2.05, 4.69) is 25.7 Å². The average molecular weight is 217 g/mol. The van der Waals surface area contributed by atoms with E-state index in [9.17, 15) is 10.2 Å². The lowest BCUT2D eigenvalue weighted by Gasteiger charge is -2.38. The number of nitrogens with zero attached hydrogens (tertiary/aromatic N) is 1. The molecular formula is C12H27NO2. The number of hydrogen-bond donors (Lipinski definition) is 2. The van der Waals surface area contributed by atoms with Crippen molar-refractivity contribution in [2.75, 3.05) is 13.1 Å². The van der Waals surface area contributed by atoms with Crippen molar-refractivity contribution in [1.29, 1.82) is 0 Å². The van der Waals surface area contributed by atoms with E-state index in [0.29, 0.717) is 13.1 Å². The zero-order valence-corrected chi connectivity index (χ0v) is 10.8. The first-order valence-electron chi connectivity index (χ1n) is 5.92. The quantitative estimate of drug-likeness (QED) is 0.710. The number of rotatable bonds is 6. The van der Waals surface area contributed by atoms with Crippen molar-refractivity contribution in [3.05, 3.63) is 0 Å². The number of hydrogen-bond acceptors (Lipinski definition) is 3. The summed E-state index contributed by atoms with van der Waals surface area (Å²) in [5.41, 5.74) is -0.00764. The molecule has 0 aliphatic heterocycles. The Morgan fingerprint density at radius 2 is 1.27 bits per heavy atom. The lowest BCUT2D eigenvalue weighted by atomic mass is 10.0. The van der Waals surface area contributed by atoms with E-state index in [1.54, 1.807) is 0 Å². The van der Waals surface area contributed by atoms with Crippen LogP contribution in [0.15, 0.2) is 0 Å². The van der Waals surface area contributed by atoms with E-state index >= 15 is 0 Å². The molecule has 3 nitrogen and oxygen atoms in total. The Labute approximate surface area is 94.1 Å². The molecule has 0 aromatic carbocycles. The molecule has 0 saturated heterocycles. The van der Waals surface area contributed by atoms with Crippen LogP contribution < -0.4 is 0 Å². The van der Waals surface area contributed by atoms with E-state index in [0.717, 1.165) is 12.8 Å². The van der Waals surface area contributed by atoms with Crippen LogP contribution in [-0.4, -0.2) is 45.9 Å². The minimum absolute atomic E-state index is 0.00764. The van der Waals surface area contributed by atoms with Gasteiger partial charge < -0.3 is 10.2 Å². The highest BCUT2D eigenvalue weighted by Gasteiger charge is 2.24. The SMILES string of the molecule is CCC(O)CN(CC(O)CC)C(C)(C)C. The Hall–Kier alpha value is -0.120. The molecule has 0 rings (SSSR count). The number of aliphatic hydroxyl groups is 2. The summed E-state index contributed by atoms with van der Waals surface area (Å²) in [4.78, 5) is 2.15. The van der Waals surface area contributed by atoms with Crippen LogP contribution in [0.3, 0.4) is 0 Å². The first-order valence-corrected chi connectivity index (χ1v) is 5.92. The van der Waals surface area contributed by atoms with E-state index in [4.69, 9.17) is 0 Å². The van der Waals surface area contributed by atoms with Crippen LogP contribution in [-0.2, 0) is 0 Å². The minimum Gasteiger partial charge on any atom is -0.392 e. The zero-order chi connectivity index (χ0) is 12.1. The molecule has 0 bridgehead atoms. The Morgan fingerprint density at radius 3 is 1.47 bits per heavy atom. The van der Waals surface area contributed by atoms with Crippen LogP contribution >= 0.6 is 0 Å². The Kier molecular flexibility index (Phi) is 6.41. The van der Waals surface area contributed by atoms with Crippen molar-refractivity contribution in [2.24, 2.45) is 0 Å². The molecule has 0 heterocycles. The van der Waals surface area contributed by atoms with E-state index in [-0.39, 0.29) is 17.7 Å². The molecule has 0 amide bonds. The van der Waals surface area contributed by atoms with Gasteiger partial charge in [-0.05, 0) is 33.6 Å². The highest BCUT2D eigenvalue weighted by molar-refractivity contribution is 4.80. The van der Waals surface area contributed by atoms with Crippen LogP contribution in [0.5, 0.6) is 0 Å². The van der Waals surface area contributed by atoms with E-state index in [1.807, 2.05) is 13.8 Å². The zero-order valence-electron chi connectivity index (χ0n) is 10.8. The van der Waals surface area contributed by atoms with Crippen molar-refractivity contribution in [2.45, 2.75) is 65.2 Å². The third-order valence-corrected chi connectivity index (χ3v) is 2.75. The summed E-state index contributed by atoms with van der Waals surface area (Å²) in [6.07, 6.45) is 0.922. The molecule has 2 unspecified atom stereocenters. The summed E-state index contributed by atoms with van der Waals surface area (Å²) in [5, 5.41) is 19.3. The molecule has 0 aliphatic carbocycles. The molecule has 0 fully saturated rings. The van der Waals surface area contributed by atoms with Gasteiger partial charge in [-0.15, -0.1) is 0 Å². The van der Waals surface area contributed by atoms with Crippen molar-refractivity contribution in [3.8, 4) is 0 Å². The van der Waals surface area contributed by atoms with E-state index in [1.165, 1.54) is 0 Å². The Balaban J connectivity index is 4.32. The topological polar surface area (TPSA) is 43.7 Å². The van der Waals surface area contributed by atoms with Crippen LogP contribution in [0.1, 0.15) is 47.5 Å². The molecule has 15 heavy (non-hydrogen) atoms. The number of β-amino-alcohol motifs (C(OH)–C–C–N with tert-alkyl or cyclic N) is 2. The van der Waals surface area contributed by atoms with Gasteiger partial charge in [-0.1, -0.05) is 13.8 Å². The molecule has 3 heteroatoms. The normalized spacial score (nSPS) is 16.8. The fourth-order valence-corrected chi connectivity index (χ4v) is 1.39. The standard InChI is InChI=1S/C12H27NO2/c1-6-10(14)8-13(12(3,4)5)9-11(15)7-2/h10-11,14-15H,6-9H2,1-5H3. The van der Waals surface area contributed by atoms with Crippen LogP contribution in [0.4, 0.5) is 0 Å². The second-order valence-corrected chi connectivity index (χ2v) is 5.20. The Morgan fingerprint density at radius 1 is 0.933 bits per heavy atom. The second-order valence-electron chi connectivity index (χ2n) is 5.20. The largest absolute Gasteiger partial charge is 0.392 e. The van der Waals surface area contributed by atoms with Gasteiger partial charge in [-0.3, -0.25) is 4.90 Å². The summed E-state index contributed by atoms with van der Waals surface area (Å²) >= 11 is 0. The molecule has 0 aromatic rings. The highest BCUT2D eigenvalue weighted by Crippen LogP contribution is 2.15. The van der Waals surface area contributed by atoms with Crippen molar-refractivity contribution < 1.29 is 10.2 Å². The van der Waals surface area contributed by atoms with Crippen LogP contribution in [0, 0.1) is 0 Å². The molecule has 0 saturated carbocycles. The summed E-state index contributed by atoms with van der Waals surface area (Å²) in [6, 6.07) is 0. The maximum absolute atomic E-state index is 9.65. The molecule has 0 radical (unpaired) electrons. The first kappa shape index (κ1) is 14.9. The van der Waals surface area contributed by atoms with Gasteiger partial charge in [-0.25, -0.2) is 0 Å². The van der Waals surface area contributed by atoms with Crippen LogP contribution in [0.25, 0.3) is 0 Å². The van der Waals surface area contributed by atoms with Gasteiger partial charge in [0.25, 0.3) is 0 Å². The fraction of sp³-hybridized carbons (Fsp3) is 1.00. The third kappa shape index (κ3) is 6.13. The number of aliphatic hydroxyl groups excluding tert-OH is 2. The predicted molar refractivity (Wildman–Crippen MR) is 63.9 cm³/mol. The smallest absolute Gasteiger partial charge is 0.0664 e. The lowest BCUT2D eigenvalue weighted by molar-refractivity contribution is 0.0188. The van der Waals surface area contributed by atoms with Crippen molar-refractivity contribution in [1.82, 2.24) is 4.90 Å². The molecule has 92 valence electrons. The predicted octanol–water partition coefficient (Wildman–Crippen LogP) is 1.63. The summed E-state index contributed by atoms with van der Waals surface area (Å²) in [6.45, 7) is 11.5. The third-order valence-electron chi connectivity index (χ3n) is 2.75. The van der Waals surface area contributed by atoms with Gasteiger partial charge in [0, 0.05) is 18.6 Å².